The predicted octanol–water partition coefficient (Wildman–Crippen LogP) is 13.0. The second-order valence-corrected chi connectivity index (χ2v) is 13.2. The number of hydrogen-bond donors (Lipinski definition) is 0. The highest BCUT2D eigenvalue weighted by atomic mass is 32.2. The molecule has 0 saturated carbocycles. The summed E-state index contributed by atoms with van der Waals surface area (Å²) in [5, 5.41) is 7.86. The number of rotatable bonds is 8. The fourth-order valence-corrected chi connectivity index (χ4v) is 7.59. The highest BCUT2D eigenvalue weighted by molar-refractivity contribution is 8.03. The Bertz CT molecular complexity index is 2290. The zero-order valence-corrected chi connectivity index (χ0v) is 28.0. The van der Waals surface area contributed by atoms with E-state index < -0.39 is 0 Å². The van der Waals surface area contributed by atoms with Gasteiger partial charge in [0.15, 0.2) is 0 Å². The lowest BCUT2D eigenvalue weighted by atomic mass is 9.90. The summed E-state index contributed by atoms with van der Waals surface area (Å²) in [4.78, 5) is 1.25. The SMILES string of the molecule is C=C/C(=C\C(=C/Cc1ccc2ccc3cccc4ccc1c2c34)C(=C)/C=C\C1=C2/CC=CC=C2C(=C)/C=C\C=C/CS1)c1ccccc1. The largest absolute Gasteiger partial charge is 0.122 e. The van der Waals surface area contributed by atoms with Crippen molar-refractivity contribution in [2.75, 3.05) is 5.75 Å². The van der Waals surface area contributed by atoms with Gasteiger partial charge in [0.1, 0.15) is 0 Å². The van der Waals surface area contributed by atoms with Crippen LogP contribution in [0.15, 0.2) is 210 Å². The summed E-state index contributed by atoms with van der Waals surface area (Å²) in [6.45, 7) is 13.2. The van der Waals surface area contributed by atoms with Crippen molar-refractivity contribution in [3.63, 3.8) is 0 Å². The summed E-state index contributed by atoms with van der Waals surface area (Å²) in [5.74, 6) is 0.898. The van der Waals surface area contributed by atoms with E-state index in [9.17, 15) is 0 Å². The topological polar surface area (TPSA) is 0 Å². The zero-order chi connectivity index (χ0) is 32.9. The molecule has 5 aromatic rings. The van der Waals surface area contributed by atoms with Crippen LogP contribution in [0.2, 0.25) is 0 Å². The lowest BCUT2D eigenvalue weighted by molar-refractivity contribution is 1.19. The van der Waals surface area contributed by atoms with Crippen molar-refractivity contribution < 1.29 is 0 Å². The van der Waals surface area contributed by atoms with E-state index >= 15 is 0 Å². The average molecular weight is 635 g/mol. The number of allylic oxidation sites excluding steroid dienone is 17. The van der Waals surface area contributed by atoms with Gasteiger partial charge in [-0.2, -0.15) is 0 Å². The molecule has 7 rings (SSSR count). The van der Waals surface area contributed by atoms with E-state index in [0.717, 1.165) is 46.5 Å². The third-order valence-corrected chi connectivity index (χ3v) is 10.2. The molecular formula is C47H38S. The molecule has 0 bridgehead atoms. The van der Waals surface area contributed by atoms with Gasteiger partial charge in [-0.15, -0.1) is 11.8 Å². The molecule has 1 aliphatic carbocycles. The molecule has 48 heavy (non-hydrogen) atoms. The lowest BCUT2D eigenvalue weighted by Gasteiger charge is -2.18. The van der Waals surface area contributed by atoms with Crippen LogP contribution >= 0.6 is 11.8 Å². The smallest absolute Gasteiger partial charge is 0.0164 e. The maximum atomic E-state index is 4.62. The van der Waals surface area contributed by atoms with Crippen LogP contribution in [-0.4, -0.2) is 5.75 Å². The molecule has 0 aromatic heterocycles. The third-order valence-electron chi connectivity index (χ3n) is 9.17. The van der Waals surface area contributed by atoms with E-state index in [2.05, 4.69) is 165 Å². The lowest BCUT2D eigenvalue weighted by Crippen LogP contribution is -1.99. The molecule has 0 atom stereocenters. The summed E-state index contributed by atoms with van der Waals surface area (Å²) in [7, 11) is 0. The molecule has 0 nitrogen and oxygen atoms in total. The zero-order valence-electron chi connectivity index (χ0n) is 27.2. The molecule has 0 amide bonds. The molecule has 0 fully saturated rings. The first kappa shape index (κ1) is 31.2. The van der Waals surface area contributed by atoms with Crippen molar-refractivity contribution in [2.24, 2.45) is 0 Å². The molecule has 1 aliphatic heterocycles. The monoisotopic (exact) mass is 634 g/mol. The average Bonchev–Trinajstić information content (AvgIpc) is 3.13. The number of thioether (sulfide) groups is 1. The second-order valence-electron chi connectivity index (χ2n) is 12.2. The summed E-state index contributed by atoms with van der Waals surface area (Å²) >= 11 is 1.86. The van der Waals surface area contributed by atoms with Crippen molar-refractivity contribution in [1.82, 2.24) is 0 Å². The fraction of sp³-hybridized carbons (Fsp3) is 0.0638. The van der Waals surface area contributed by atoms with Crippen LogP contribution in [0.3, 0.4) is 0 Å². The Balaban J connectivity index is 1.30. The quantitative estimate of drug-likeness (QED) is 0.121. The number of fused-ring (bicyclic) bond motifs is 1. The number of hydrogen-bond acceptors (Lipinski definition) is 1. The molecule has 0 saturated heterocycles. The van der Waals surface area contributed by atoms with Gasteiger partial charge < -0.3 is 0 Å². The third kappa shape index (κ3) is 6.43. The molecular weight excluding hydrogens is 597 g/mol. The van der Waals surface area contributed by atoms with E-state index in [1.165, 1.54) is 53.9 Å². The standard InChI is InChI=1S/C47H38S/c1-4-35(36-15-8-5-9-16-36)32-41(33(2)21-30-45-44-20-11-10-19-42(44)34(3)14-7-6-12-31-48-45)27-23-37-22-24-40-26-25-38-17-13-18-39-28-29-43(37)47(40)46(38)39/h4-19,21-22,24-30,32H,1-3,20,23,31H2/b12-6-,14-7-,30-21-,35-32+,41-27+,45-44-. The molecule has 0 spiro atoms. The van der Waals surface area contributed by atoms with Crippen molar-refractivity contribution in [2.45, 2.75) is 12.8 Å². The summed E-state index contributed by atoms with van der Waals surface area (Å²) in [6, 6.07) is 30.6. The van der Waals surface area contributed by atoms with Crippen LogP contribution < -0.4 is 0 Å². The molecule has 232 valence electrons. The molecule has 0 radical (unpaired) electrons. The van der Waals surface area contributed by atoms with Crippen molar-refractivity contribution >= 4 is 49.7 Å². The molecule has 0 N–H and O–H groups in total. The minimum Gasteiger partial charge on any atom is -0.122 e. The van der Waals surface area contributed by atoms with E-state index in [-0.39, 0.29) is 0 Å². The maximum absolute atomic E-state index is 4.62. The molecule has 2 aliphatic rings. The van der Waals surface area contributed by atoms with Gasteiger partial charge >= 0.3 is 0 Å². The van der Waals surface area contributed by atoms with Gasteiger partial charge in [-0.1, -0.05) is 165 Å². The van der Waals surface area contributed by atoms with Gasteiger partial charge in [-0.25, -0.2) is 0 Å². The van der Waals surface area contributed by atoms with E-state index in [1.807, 2.05) is 23.9 Å². The van der Waals surface area contributed by atoms with Crippen LogP contribution in [0.1, 0.15) is 17.5 Å². The van der Waals surface area contributed by atoms with Crippen molar-refractivity contribution in [1.29, 1.82) is 0 Å². The summed E-state index contributed by atoms with van der Waals surface area (Å²) in [5.41, 5.74) is 9.08. The molecule has 0 unspecified atom stereocenters. The Morgan fingerprint density at radius 1 is 0.792 bits per heavy atom. The molecule has 1 heteroatoms. The van der Waals surface area contributed by atoms with Crippen LogP contribution in [0, 0.1) is 0 Å². The highest BCUT2D eigenvalue weighted by Gasteiger charge is 2.15. The highest BCUT2D eigenvalue weighted by Crippen LogP contribution is 2.37. The minimum atomic E-state index is 0.781. The Morgan fingerprint density at radius 3 is 2.38 bits per heavy atom. The van der Waals surface area contributed by atoms with Crippen LogP contribution in [0.4, 0.5) is 0 Å². The van der Waals surface area contributed by atoms with Crippen LogP contribution in [0.25, 0.3) is 37.9 Å². The van der Waals surface area contributed by atoms with Gasteiger partial charge in [0, 0.05) is 10.7 Å². The summed E-state index contributed by atoms with van der Waals surface area (Å²) < 4.78 is 0. The molecule has 5 aromatic carbocycles. The van der Waals surface area contributed by atoms with Crippen LogP contribution in [-0.2, 0) is 6.42 Å². The molecule has 1 heterocycles. The Morgan fingerprint density at radius 2 is 1.56 bits per heavy atom. The van der Waals surface area contributed by atoms with Crippen molar-refractivity contribution in [3.05, 3.63) is 221 Å². The first-order valence-corrected chi connectivity index (χ1v) is 17.5. The van der Waals surface area contributed by atoms with Gasteiger partial charge in [0.05, 0.1) is 0 Å². The Hall–Kier alpha value is -5.37. The first-order chi connectivity index (χ1) is 23.6. The van der Waals surface area contributed by atoms with Gasteiger partial charge in [-0.05, 0) is 102 Å². The minimum absolute atomic E-state index is 0.781. The Kier molecular flexibility index (Phi) is 9.23. The van der Waals surface area contributed by atoms with Gasteiger partial charge in [0.25, 0.3) is 0 Å². The van der Waals surface area contributed by atoms with E-state index in [4.69, 9.17) is 0 Å². The van der Waals surface area contributed by atoms with E-state index in [1.54, 1.807) is 0 Å². The first-order valence-electron chi connectivity index (χ1n) is 16.5. The predicted molar refractivity (Wildman–Crippen MR) is 214 cm³/mol. The van der Waals surface area contributed by atoms with Gasteiger partial charge in [0.2, 0.25) is 0 Å². The van der Waals surface area contributed by atoms with Gasteiger partial charge in [-0.3, -0.25) is 0 Å². The van der Waals surface area contributed by atoms with Crippen molar-refractivity contribution in [3.8, 4) is 0 Å². The normalized spacial score (nSPS) is 18.8. The Labute approximate surface area is 288 Å². The fourth-order valence-electron chi connectivity index (χ4n) is 6.67. The number of benzene rings is 5. The summed E-state index contributed by atoms with van der Waals surface area (Å²) in [6.07, 6.45) is 27.6. The second kappa shape index (κ2) is 14.2. The van der Waals surface area contributed by atoms with Crippen LogP contribution in [0.5, 0.6) is 0 Å². The maximum Gasteiger partial charge on any atom is 0.0164 e. The van der Waals surface area contributed by atoms with E-state index in [0.29, 0.717) is 0 Å².